The molecule has 0 unspecified atom stereocenters. The van der Waals surface area contributed by atoms with E-state index in [4.69, 9.17) is 21.1 Å². The molecule has 2 amide bonds. The molecule has 7 nitrogen and oxygen atoms in total. The van der Waals surface area contributed by atoms with E-state index in [9.17, 15) is 9.59 Å². The van der Waals surface area contributed by atoms with Crippen molar-refractivity contribution in [1.29, 1.82) is 0 Å². The number of aliphatic hydroxyl groups excluding tert-OH is 1. The summed E-state index contributed by atoms with van der Waals surface area (Å²) in [4.78, 5) is 29.4. The first-order chi connectivity index (χ1) is 13.1. The highest BCUT2D eigenvalue weighted by Crippen LogP contribution is 2.31. The Morgan fingerprint density at radius 1 is 1.19 bits per heavy atom. The Labute approximate surface area is 158 Å². The van der Waals surface area contributed by atoms with Crippen molar-refractivity contribution < 1.29 is 19.1 Å². The summed E-state index contributed by atoms with van der Waals surface area (Å²) in [5, 5.41) is 12.4. The number of carbonyl (C=O) groups is 2. The van der Waals surface area contributed by atoms with Gasteiger partial charge in [0.2, 0.25) is 5.89 Å². The molecule has 0 radical (unpaired) electrons. The number of nitrogens with one attached hydrogen (secondary N) is 1. The van der Waals surface area contributed by atoms with E-state index in [0.29, 0.717) is 33.3 Å². The standard InChI is InChI=1S/C19H14ClN3O4/c20-13-4-2-1-3-12(13)18-22-14-6-5-11(9-16(14)27-18)21-15-10-17(25)23(7-8-24)19(15)26/h1-6,9-10,21,24H,7-8H2. The number of nitrogens with zero attached hydrogens (tertiary/aromatic N) is 2. The van der Waals surface area contributed by atoms with Crippen molar-refractivity contribution in [3.05, 3.63) is 59.3 Å². The van der Waals surface area contributed by atoms with Crippen LogP contribution >= 0.6 is 11.6 Å². The van der Waals surface area contributed by atoms with Gasteiger partial charge in [0.25, 0.3) is 11.8 Å². The molecule has 8 heteroatoms. The molecule has 3 aromatic rings. The Hall–Kier alpha value is -3.16. The Kier molecular flexibility index (Phi) is 4.39. The van der Waals surface area contributed by atoms with Crippen LogP contribution in [0.25, 0.3) is 22.6 Å². The second-order valence-corrected chi connectivity index (χ2v) is 6.29. The predicted molar refractivity (Wildman–Crippen MR) is 100.0 cm³/mol. The van der Waals surface area contributed by atoms with Gasteiger partial charge in [-0.2, -0.15) is 0 Å². The van der Waals surface area contributed by atoms with E-state index in [1.165, 1.54) is 6.08 Å². The minimum atomic E-state index is -0.483. The number of anilines is 1. The molecule has 2 aromatic carbocycles. The van der Waals surface area contributed by atoms with Gasteiger partial charge in [0, 0.05) is 17.8 Å². The number of carbonyl (C=O) groups excluding carboxylic acids is 2. The summed E-state index contributed by atoms with van der Waals surface area (Å²) in [7, 11) is 0. The number of aromatic nitrogens is 1. The van der Waals surface area contributed by atoms with Crippen molar-refractivity contribution in [2.24, 2.45) is 0 Å². The van der Waals surface area contributed by atoms with Crippen molar-refractivity contribution in [3.8, 4) is 11.5 Å². The summed E-state index contributed by atoms with van der Waals surface area (Å²) in [6.07, 6.45) is 1.21. The van der Waals surface area contributed by atoms with Gasteiger partial charge < -0.3 is 14.8 Å². The van der Waals surface area contributed by atoms with Crippen LogP contribution in [0.5, 0.6) is 0 Å². The van der Waals surface area contributed by atoms with Crippen LogP contribution in [-0.2, 0) is 9.59 Å². The molecule has 0 fully saturated rings. The number of hydrogen-bond acceptors (Lipinski definition) is 6. The highest BCUT2D eigenvalue weighted by atomic mass is 35.5. The Morgan fingerprint density at radius 2 is 2.00 bits per heavy atom. The maximum absolute atomic E-state index is 12.2. The number of benzene rings is 2. The van der Waals surface area contributed by atoms with E-state index in [1.54, 1.807) is 24.3 Å². The summed E-state index contributed by atoms with van der Waals surface area (Å²) < 4.78 is 5.80. The Balaban J connectivity index is 1.61. The SMILES string of the molecule is O=C1C=C(Nc2ccc3nc(-c4ccccc4Cl)oc3c2)C(=O)N1CCO. The van der Waals surface area contributed by atoms with E-state index < -0.39 is 11.8 Å². The molecule has 0 atom stereocenters. The van der Waals surface area contributed by atoms with Gasteiger partial charge in [-0.15, -0.1) is 0 Å². The topological polar surface area (TPSA) is 95.7 Å². The molecule has 0 spiro atoms. The summed E-state index contributed by atoms with van der Waals surface area (Å²) in [5.41, 5.74) is 2.55. The van der Waals surface area contributed by atoms with Crippen LogP contribution < -0.4 is 5.32 Å². The third kappa shape index (κ3) is 3.18. The zero-order chi connectivity index (χ0) is 19.0. The van der Waals surface area contributed by atoms with Gasteiger partial charge in [-0.25, -0.2) is 4.98 Å². The molecule has 1 aliphatic heterocycles. The highest BCUT2D eigenvalue weighted by Gasteiger charge is 2.30. The van der Waals surface area contributed by atoms with Crippen molar-refractivity contribution in [2.45, 2.75) is 0 Å². The third-order valence-corrected chi connectivity index (χ3v) is 4.43. The molecular weight excluding hydrogens is 370 g/mol. The number of β-amino-alcohol motifs (C(OH)–C–C–N with tert-alkyl or cyclic N) is 1. The third-order valence-electron chi connectivity index (χ3n) is 4.10. The van der Waals surface area contributed by atoms with Crippen LogP contribution in [0.2, 0.25) is 5.02 Å². The predicted octanol–water partition coefficient (Wildman–Crippen LogP) is 2.81. The molecule has 0 bridgehead atoms. The molecule has 1 aromatic heterocycles. The fourth-order valence-electron chi connectivity index (χ4n) is 2.82. The van der Waals surface area contributed by atoms with Crippen molar-refractivity contribution in [2.75, 3.05) is 18.5 Å². The Bertz CT molecular complexity index is 1090. The quantitative estimate of drug-likeness (QED) is 0.658. The smallest absolute Gasteiger partial charge is 0.277 e. The number of hydrogen-bond donors (Lipinski definition) is 2. The summed E-state index contributed by atoms with van der Waals surface area (Å²) in [5.74, 6) is -0.546. The van der Waals surface area contributed by atoms with Crippen LogP contribution in [0.4, 0.5) is 5.69 Å². The van der Waals surface area contributed by atoms with Crippen LogP contribution in [-0.4, -0.2) is 40.0 Å². The molecule has 2 heterocycles. The van der Waals surface area contributed by atoms with Gasteiger partial charge in [0.15, 0.2) is 5.58 Å². The van der Waals surface area contributed by atoms with E-state index in [2.05, 4.69) is 10.3 Å². The molecule has 1 aliphatic rings. The monoisotopic (exact) mass is 383 g/mol. The molecular formula is C19H14ClN3O4. The fourth-order valence-corrected chi connectivity index (χ4v) is 3.03. The molecule has 27 heavy (non-hydrogen) atoms. The first kappa shape index (κ1) is 17.3. The van der Waals surface area contributed by atoms with Gasteiger partial charge in [0.05, 0.1) is 23.7 Å². The van der Waals surface area contributed by atoms with Gasteiger partial charge in [0.1, 0.15) is 11.2 Å². The van der Waals surface area contributed by atoms with Gasteiger partial charge in [-0.1, -0.05) is 23.7 Å². The second kappa shape index (κ2) is 6.86. The van der Waals surface area contributed by atoms with Gasteiger partial charge in [-0.05, 0) is 24.3 Å². The lowest BCUT2D eigenvalue weighted by atomic mass is 10.2. The van der Waals surface area contributed by atoms with Crippen LogP contribution in [0.1, 0.15) is 0 Å². The lowest BCUT2D eigenvalue weighted by Gasteiger charge is -2.13. The summed E-state index contributed by atoms with van der Waals surface area (Å²) in [6, 6.07) is 12.4. The van der Waals surface area contributed by atoms with Crippen LogP contribution in [0, 0.1) is 0 Å². The number of imide groups is 1. The molecule has 4 rings (SSSR count). The molecule has 2 N–H and O–H groups in total. The highest BCUT2D eigenvalue weighted by molar-refractivity contribution is 6.33. The lowest BCUT2D eigenvalue weighted by molar-refractivity contribution is -0.137. The van der Waals surface area contributed by atoms with Crippen molar-refractivity contribution >= 4 is 40.2 Å². The second-order valence-electron chi connectivity index (χ2n) is 5.88. The zero-order valence-electron chi connectivity index (χ0n) is 14.0. The molecule has 0 saturated heterocycles. The number of amides is 2. The fraction of sp³-hybridized carbons (Fsp3) is 0.105. The van der Waals surface area contributed by atoms with E-state index >= 15 is 0 Å². The number of fused-ring (bicyclic) bond motifs is 1. The largest absolute Gasteiger partial charge is 0.436 e. The van der Waals surface area contributed by atoms with Crippen molar-refractivity contribution in [3.63, 3.8) is 0 Å². The normalized spacial score (nSPS) is 14.1. The molecule has 136 valence electrons. The van der Waals surface area contributed by atoms with E-state index in [-0.39, 0.29) is 18.8 Å². The summed E-state index contributed by atoms with van der Waals surface area (Å²) in [6.45, 7) is -0.324. The molecule has 0 saturated carbocycles. The number of aliphatic hydroxyl groups is 1. The average Bonchev–Trinajstić information content (AvgIpc) is 3.18. The maximum atomic E-state index is 12.2. The van der Waals surface area contributed by atoms with Gasteiger partial charge in [-0.3, -0.25) is 14.5 Å². The lowest BCUT2D eigenvalue weighted by Crippen LogP contribution is -2.34. The van der Waals surface area contributed by atoms with E-state index in [0.717, 1.165) is 4.90 Å². The first-order valence-electron chi connectivity index (χ1n) is 8.18. The minimum absolute atomic E-state index is 0.0400. The van der Waals surface area contributed by atoms with Crippen LogP contribution in [0.3, 0.4) is 0 Å². The van der Waals surface area contributed by atoms with Gasteiger partial charge >= 0.3 is 0 Å². The van der Waals surface area contributed by atoms with E-state index in [1.807, 2.05) is 18.2 Å². The number of oxazole rings is 1. The Morgan fingerprint density at radius 3 is 2.78 bits per heavy atom. The van der Waals surface area contributed by atoms with Crippen LogP contribution in [0.15, 0.2) is 58.7 Å². The number of halogens is 1. The van der Waals surface area contributed by atoms with Crippen molar-refractivity contribution in [1.82, 2.24) is 9.88 Å². The minimum Gasteiger partial charge on any atom is -0.436 e. The zero-order valence-corrected chi connectivity index (χ0v) is 14.7. The molecule has 0 aliphatic carbocycles. The number of rotatable bonds is 5. The summed E-state index contributed by atoms with van der Waals surface area (Å²) >= 11 is 6.19. The maximum Gasteiger partial charge on any atom is 0.277 e. The average molecular weight is 384 g/mol. The first-order valence-corrected chi connectivity index (χ1v) is 8.55.